The molecule has 0 heterocycles. The molecule has 1 aliphatic carbocycles. The van der Waals surface area contributed by atoms with Crippen LogP contribution in [0.1, 0.15) is 32.6 Å². The van der Waals surface area contributed by atoms with Crippen LogP contribution in [0.2, 0.25) is 0 Å². The Kier molecular flexibility index (Phi) is 4.40. The maximum atomic E-state index is 12.4. The van der Waals surface area contributed by atoms with Crippen LogP contribution >= 0.6 is 0 Å². The SMILES string of the molecule is CC(O)(C(O)N[C@H]1CC[C@H](N)CC1)C(F)(F)F. The van der Waals surface area contributed by atoms with Gasteiger partial charge in [0.25, 0.3) is 0 Å². The number of hydrogen-bond donors (Lipinski definition) is 4. The zero-order valence-electron chi connectivity index (χ0n) is 9.67. The lowest BCUT2D eigenvalue weighted by Crippen LogP contribution is -2.60. The first kappa shape index (κ1) is 14.7. The monoisotopic (exact) mass is 256 g/mol. The van der Waals surface area contributed by atoms with Gasteiger partial charge < -0.3 is 15.9 Å². The van der Waals surface area contributed by atoms with Crippen molar-refractivity contribution >= 4 is 0 Å². The molecule has 1 fully saturated rings. The molecule has 7 heteroatoms. The predicted molar refractivity (Wildman–Crippen MR) is 56.1 cm³/mol. The van der Waals surface area contributed by atoms with Gasteiger partial charge >= 0.3 is 6.18 Å². The van der Waals surface area contributed by atoms with Crippen LogP contribution in [0.5, 0.6) is 0 Å². The Bertz CT molecular complexity index is 250. The lowest BCUT2D eigenvalue weighted by Gasteiger charge is -2.36. The fraction of sp³-hybridized carbons (Fsp3) is 1.00. The molecule has 2 unspecified atom stereocenters. The topological polar surface area (TPSA) is 78.5 Å². The highest BCUT2D eigenvalue weighted by molar-refractivity contribution is 4.90. The van der Waals surface area contributed by atoms with Crippen LogP contribution in [-0.4, -0.2) is 40.3 Å². The normalized spacial score (nSPS) is 31.9. The number of alkyl halides is 3. The number of nitrogens with two attached hydrogens (primary N) is 1. The zero-order valence-corrected chi connectivity index (χ0v) is 9.67. The summed E-state index contributed by atoms with van der Waals surface area (Å²) in [5.74, 6) is 0. The summed E-state index contributed by atoms with van der Waals surface area (Å²) < 4.78 is 37.3. The maximum absolute atomic E-state index is 12.4. The number of rotatable bonds is 3. The Morgan fingerprint density at radius 2 is 1.71 bits per heavy atom. The highest BCUT2D eigenvalue weighted by Gasteiger charge is 2.55. The molecule has 0 radical (unpaired) electrons. The van der Waals surface area contributed by atoms with Crippen LogP contribution < -0.4 is 11.1 Å². The second-order valence-electron chi connectivity index (χ2n) is 4.83. The number of aliphatic hydroxyl groups excluding tert-OH is 1. The molecular formula is C10H19F3N2O2. The van der Waals surface area contributed by atoms with E-state index in [1.807, 2.05) is 0 Å². The molecule has 1 rings (SSSR count). The van der Waals surface area contributed by atoms with Gasteiger partial charge in [0, 0.05) is 12.1 Å². The van der Waals surface area contributed by atoms with Crippen molar-refractivity contribution in [2.24, 2.45) is 5.73 Å². The highest BCUT2D eigenvalue weighted by atomic mass is 19.4. The smallest absolute Gasteiger partial charge is 0.378 e. The molecule has 0 aromatic rings. The first-order valence-corrected chi connectivity index (χ1v) is 5.63. The molecule has 5 N–H and O–H groups in total. The summed E-state index contributed by atoms with van der Waals surface area (Å²) in [4.78, 5) is 0. The second-order valence-corrected chi connectivity index (χ2v) is 4.83. The summed E-state index contributed by atoms with van der Waals surface area (Å²) in [5, 5.41) is 21.1. The quantitative estimate of drug-likeness (QED) is 0.554. The second kappa shape index (κ2) is 5.09. The van der Waals surface area contributed by atoms with Gasteiger partial charge in [0.05, 0.1) is 0 Å². The van der Waals surface area contributed by atoms with Gasteiger partial charge in [-0.25, -0.2) is 0 Å². The third kappa shape index (κ3) is 3.54. The Morgan fingerprint density at radius 3 is 2.12 bits per heavy atom. The number of nitrogens with one attached hydrogen (secondary N) is 1. The molecule has 0 amide bonds. The first-order chi connectivity index (χ1) is 7.64. The van der Waals surface area contributed by atoms with Gasteiger partial charge in [-0.2, -0.15) is 13.2 Å². The van der Waals surface area contributed by atoms with Crippen molar-refractivity contribution in [1.82, 2.24) is 5.32 Å². The van der Waals surface area contributed by atoms with E-state index >= 15 is 0 Å². The standard InChI is InChI=1S/C10H19F3N2O2/c1-9(17,10(11,12)13)8(16)15-7-4-2-6(14)3-5-7/h6-8,15-17H,2-5,14H2,1H3/t6-,7-,8?,9?. The Labute approximate surface area is 98.0 Å². The summed E-state index contributed by atoms with van der Waals surface area (Å²) in [6.45, 7) is 0.555. The van der Waals surface area contributed by atoms with Crippen LogP contribution in [0, 0.1) is 0 Å². The van der Waals surface area contributed by atoms with Crippen LogP contribution in [0.15, 0.2) is 0 Å². The zero-order chi connectivity index (χ0) is 13.3. The molecule has 1 aliphatic rings. The molecule has 0 spiro atoms. The molecule has 0 saturated heterocycles. The van der Waals surface area contributed by atoms with E-state index in [-0.39, 0.29) is 12.1 Å². The molecule has 1 saturated carbocycles. The highest BCUT2D eigenvalue weighted by Crippen LogP contribution is 2.32. The van der Waals surface area contributed by atoms with Gasteiger partial charge in [0.15, 0.2) is 5.60 Å². The van der Waals surface area contributed by atoms with E-state index in [4.69, 9.17) is 5.73 Å². The fourth-order valence-electron chi connectivity index (χ4n) is 1.83. The minimum absolute atomic E-state index is 0.0771. The summed E-state index contributed by atoms with van der Waals surface area (Å²) in [5.41, 5.74) is 2.52. The van der Waals surface area contributed by atoms with E-state index in [0.717, 1.165) is 0 Å². The van der Waals surface area contributed by atoms with Gasteiger partial charge in [-0.05, 0) is 32.6 Å². The average Bonchev–Trinajstić information content (AvgIpc) is 2.19. The van der Waals surface area contributed by atoms with E-state index in [1.165, 1.54) is 0 Å². The molecular weight excluding hydrogens is 237 g/mol. The van der Waals surface area contributed by atoms with E-state index in [9.17, 15) is 23.4 Å². The number of hydrogen-bond acceptors (Lipinski definition) is 4. The van der Waals surface area contributed by atoms with Gasteiger partial charge in [0.2, 0.25) is 0 Å². The Morgan fingerprint density at radius 1 is 1.24 bits per heavy atom. The number of aliphatic hydroxyl groups is 2. The molecule has 0 aromatic heterocycles. The lowest BCUT2D eigenvalue weighted by molar-refractivity contribution is -0.288. The van der Waals surface area contributed by atoms with Gasteiger partial charge in [0.1, 0.15) is 6.23 Å². The van der Waals surface area contributed by atoms with Crippen molar-refractivity contribution in [2.45, 2.75) is 62.7 Å². The van der Waals surface area contributed by atoms with Crippen LogP contribution in [-0.2, 0) is 0 Å². The molecule has 0 bridgehead atoms. The van der Waals surface area contributed by atoms with Crippen molar-refractivity contribution in [3.63, 3.8) is 0 Å². The first-order valence-electron chi connectivity index (χ1n) is 5.63. The van der Waals surface area contributed by atoms with Gasteiger partial charge in [-0.15, -0.1) is 0 Å². The molecule has 4 nitrogen and oxygen atoms in total. The minimum Gasteiger partial charge on any atom is -0.378 e. The predicted octanol–water partition coefficient (Wildman–Crippen LogP) is 0.478. The van der Waals surface area contributed by atoms with Crippen molar-refractivity contribution < 1.29 is 23.4 Å². The summed E-state index contributed by atoms with van der Waals surface area (Å²) >= 11 is 0. The fourth-order valence-corrected chi connectivity index (χ4v) is 1.83. The number of halogens is 3. The van der Waals surface area contributed by atoms with Gasteiger partial charge in [-0.1, -0.05) is 0 Å². The summed E-state index contributed by atoms with van der Waals surface area (Å²) in [6, 6.07) is -0.160. The van der Waals surface area contributed by atoms with Crippen LogP contribution in [0.4, 0.5) is 13.2 Å². The van der Waals surface area contributed by atoms with Crippen molar-refractivity contribution in [3.05, 3.63) is 0 Å². The summed E-state index contributed by atoms with van der Waals surface area (Å²) in [6.07, 6.45) is -4.28. The van der Waals surface area contributed by atoms with Crippen LogP contribution in [0.25, 0.3) is 0 Å². The van der Waals surface area contributed by atoms with Gasteiger partial charge in [-0.3, -0.25) is 5.32 Å². The average molecular weight is 256 g/mol. The molecule has 2 atom stereocenters. The third-order valence-corrected chi connectivity index (χ3v) is 3.27. The Hall–Kier alpha value is -0.370. The van der Waals surface area contributed by atoms with E-state index in [1.54, 1.807) is 0 Å². The summed E-state index contributed by atoms with van der Waals surface area (Å²) in [7, 11) is 0. The lowest BCUT2D eigenvalue weighted by atomic mass is 9.91. The molecule has 102 valence electrons. The molecule has 0 aromatic carbocycles. The largest absolute Gasteiger partial charge is 0.420 e. The minimum atomic E-state index is -4.87. The van der Waals surface area contributed by atoms with Crippen molar-refractivity contribution in [3.8, 4) is 0 Å². The van der Waals surface area contributed by atoms with E-state index < -0.39 is 18.0 Å². The van der Waals surface area contributed by atoms with Crippen molar-refractivity contribution in [1.29, 1.82) is 0 Å². The van der Waals surface area contributed by atoms with Crippen molar-refractivity contribution in [2.75, 3.05) is 0 Å². The van der Waals surface area contributed by atoms with E-state index in [0.29, 0.717) is 32.6 Å². The maximum Gasteiger partial charge on any atom is 0.420 e. The van der Waals surface area contributed by atoms with Crippen LogP contribution in [0.3, 0.4) is 0 Å². The van der Waals surface area contributed by atoms with E-state index in [2.05, 4.69) is 5.32 Å². The third-order valence-electron chi connectivity index (χ3n) is 3.27. The molecule has 17 heavy (non-hydrogen) atoms. The Balaban J connectivity index is 2.51. The molecule has 0 aliphatic heterocycles.